The molecule has 0 saturated heterocycles. The van der Waals surface area contributed by atoms with Crippen LogP contribution in [0.1, 0.15) is 11.1 Å². The molecule has 0 saturated carbocycles. The van der Waals surface area contributed by atoms with Crippen molar-refractivity contribution in [1.82, 2.24) is 0 Å². The number of benzene rings is 2. The highest BCUT2D eigenvalue weighted by Gasteiger charge is 2.19. The molecule has 4 heteroatoms. The molecular weight excluding hydrogens is 316 g/mol. The van der Waals surface area contributed by atoms with E-state index in [1.807, 2.05) is 49.4 Å². The third kappa shape index (κ3) is 2.94. The molecule has 2 heterocycles. The highest BCUT2D eigenvalue weighted by atomic mass is 16.5. The van der Waals surface area contributed by atoms with Crippen molar-refractivity contribution in [1.29, 1.82) is 0 Å². The zero-order valence-corrected chi connectivity index (χ0v) is 13.7. The summed E-state index contributed by atoms with van der Waals surface area (Å²) >= 11 is 0. The van der Waals surface area contributed by atoms with Crippen molar-refractivity contribution >= 4 is 11.0 Å². The topological polar surface area (TPSA) is 52.6 Å². The minimum absolute atomic E-state index is 0.162. The summed E-state index contributed by atoms with van der Waals surface area (Å²) in [6.07, 6.45) is 1.54. The summed E-state index contributed by atoms with van der Waals surface area (Å²) < 4.78 is 17.3. The van der Waals surface area contributed by atoms with E-state index in [1.165, 1.54) is 6.26 Å². The van der Waals surface area contributed by atoms with Crippen molar-refractivity contribution in [3.05, 3.63) is 88.3 Å². The van der Waals surface area contributed by atoms with Crippen LogP contribution in [0.5, 0.6) is 5.75 Å². The second kappa shape index (κ2) is 6.32. The molecule has 0 bridgehead atoms. The molecule has 0 fully saturated rings. The summed E-state index contributed by atoms with van der Waals surface area (Å²) in [5.74, 6) is 0.933. The fourth-order valence-electron chi connectivity index (χ4n) is 2.71. The predicted molar refractivity (Wildman–Crippen MR) is 95.7 cm³/mol. The first-order valence-corrected chi connectivity index (χ1v) is 8.00. The molecule has 124 valence electrons. The Kier molecular flexibility index (Phi) is 3.86. The lowest BCUT2D eigenvalue weighted by atomic mass is 10.1. The van der Waals surface area contributed by atoms with Gasteiger partial charge in [-0.2, -0.15) is 0 Å². The molecule has 0 spiro atoms. The lowest BCUT2D eigenvalue weighted by Crippen LogP contribution is -2.10. The molecule has 25 heavy (non-hydrogen) atoms. The molecule has 0 radical (unpaired) electrons. The van der Waals surface area contributed by atoms with Gasteiger partial charge in [-0.3, -0.25) is 4.79 Å². The highest BCUT2D eigenvalue weighted by molar-refractivity contribution is 5.81. The van der Waals surface area contributed by atoms with Crippen molar-refractivity contribution in [2.75, 3.05) is 0 Å². The van der Waals surface area contributed by atoms with E-state index in [2.05, 4.69) is 0 Å². The quantitative estimate of drug-likeness (QED) is 0.531. The first-order chi connectivity index (χ1) is 12.2. The number of hydrogen-bond acceptors (Lipinski definition) is 4. The number of fused-ring (bicyclic) bond motifs is 1. The van der Waals surface area contributed by atoms with Crippen molar-refractivity contribution in [2.45, 2.75) is 13.5 Å². The van der Waals surface area contributed by atoms with Gasteiger partial charge in [0.05, 0.1) is 11.6 Å². The molecular formula is C21H16O4. The van der Waals surface area contributed by atoms with Crippen LogP contribution in [-0.2, 0) is 6.61 Å². The summed E-state index contributed by atoms with van der Waals surface area (Å²) in [6.45, 7) is 2.22. The van der Waals surface area contributed by atoms with Gasteiger partial charge in [0.25, 0.3) is 0 Å². The van der Waals surface area contributed by atoms with Gasteiger partial charge in [0.1, 0.15) is 12.2 Å². The maximum Gasteiger partial charge on any atom is 0.235 e. The summed E-state index contributed by atoms with van der Waals surface area (Å²) in [7, 11) is 0. The molecule has 4 nitrogen and oxygen atoms in total. The zero-order chi connectivity index (χ0) is 17.2. The highest BCUT2D eigenvalue weighted by Crippen LogP contribution is 2.31. The van der Waals surface area contributed by atoms with Crippen molar-refractivity contribution in [2.24, 2.45) is 0 Å². The standard InChI is InChI=1S/C21H16O4/c1-14-9-10-16-18(12-14)25-20(17-8-5-11-23-17)21(19(16)22)24-13-15-6-3-2-4-7-15/h2-12H,13H2,1H3. The van der Waals surface area contributed by atoms with Gasteiger partial charge in [-0.15, -0.1) is 0 Å². The summed E-state index contributed by atoms with van der Waals surface area (Å²) in [5, 5.41) is 0.490. The number of aryl methyl sites for hydroxylation is 1. The Balaban J connectivity index is 1.85. The SMILES string of the molecule is Cc1ccc2c(=O)c(OCc3ccccc3)c(-c3ccco3)oc2c1. The Morgan fingerprint density at radius 1 is 1.00 bits per heavy atom. The fourth-order valence-corrected chi connectivity index (χ4v) is 2.71. The van der Waals surface area contributed by atoms with E-state index < -0.39 is 0 Å². The van der Waals surface area contributed by atoms with Gasteiger partial charge in [-0.25, -0.2) is 0 Å². The second-order valence-electron chi connectivity index (χ2n) is 5.84. The Hall–Kier alpha value is -3.27. The first kappa shape index (κ1) is 15.3. The van der Waals surface area contributed by atoms with Gasteiger partial charge < -0.3 is 13.6 Å². The van der Waals surface area contributed by atoms with Crippen LogP contribution in [0.2, 0.25) is 0 Å². The van der Waals surface area contributed by atoms with Crippen LogP contribution in [0.4, 0.5) is 0 Å². The lowest BCUT2D eigenvalue weighted by molar-refractivity contribution is 0.296. The maximum atomic E-state index is 13.0. The minimum atomic E-state index is -0.205. The molecule has 2 aromatic heterocycles. The molecule has 0 N–H and O–H groups in total. The van der Waals surface area contributed by atoms with Gasteiger partial charge in [-0.1, -0.05) is 36.4 Å². The monoisotopic (exact) mass is 332 g/mol. The normalized spacial score (nSPS) is 10.9. The average Bonchev–Trinajstić information content (AvgIpc) is 3.16. The van der Waals surface area contributed by atoms with E-state index in [0.717, 1.165) is 11.1 Å². The van der Waals surface area contributed by atoms with E-state index in [4.69, 9.17) is 13.6 Å². The van der Waals surface area contributed by atoms with Crippen LogP contribution in [0.25, 0.3) is 22.5 Å². The van der Waals surface area contributed by atoms with Gasteiger partial charge in [-0.05, 0) is 42.3 Å². The Labute approximate surface area is 144 Å². The summed E-state index contributed by atoms with van der Waals surface area (Å²) in [4.78, 5) is 13.0. The van der Waals surface area contributed by atoms with Crippen LogP contribution >= 0.6 is 0 Å². The molecule has 4 rings (SSSR count). The van der Waals surface area contributed by atoms with Crippen LogP contribution in [0.3, 0.4) is 0 Å². The fraction of sp³-hybridized carbons (Fsp3) is 0.0952. The van der Waals surface area contributed by atoms with E-state index in [9.17, 15) is 4.79 Å². The van der Waals surface area contributed by atoms with E-state index in [1.54, 1.807) is 18.2 Å². The molecule has 0 aliphatic carbocycles. The van der Waals surface area contributed by atoms with Crippen LogP contribution in [0, 0.1) is 6.92 Å². The van der Waals surface area contributed by atoms with Gasteiger partial charge in [0.15, 0.2) is 5.76 Å². The molecule has 0 amide bonds. The van der Waals surface area contributed by atoms with Crippen molar-refractivity contribution in [3.63, 3.8) is 0 Å². The lowest BCUT2D eigenvalue weighted by Gasteiger charge is -2.10. The minimum Gasteiger partial charge on any atom is -0.481 e. The largest absolute Gasteiger partial charge is 0.481 e. The van der Waals surface area contributed by atoms with Gasteiger partial charge in [0, 0.05) is 0 Å². The Morgan fingerprint density at radius 3 is 2.60 bits per heavy atom. The molecule has 0 unspecified atom stereocenters. The van der Waals surface area contributed by atoms with E-state index in [0.29, 0.717) is 22.5 Å². The maximum absolute atomic E-state index is 13.0. The smallest absolute Gasteiger partial charge is 0.235 e. The van der Waals surface area contributed by atoms with Gasteiger partial charge in [0.2, 0.25) is 16.9 Å². The summed E-state index contributed by atoms with van der Waals surface area (Å²) in [6, 6.07) is 18.7. The number of hydrogen-bond donors (Lipinski definition) is 0. The van der Waals surface area contributed by atoms with Crippen LogP contribution in [-0.4, -0.2) is 0 Å². The Morgan fingerprint density at radius 2 is 1.84 bits per heavy atom. The zero-order valence-electron chi connectivity index (χ0n) is 13.7. The molecule has 0 atom stereocenters. The third-order valence-corrected chi connectivity index (χ3v) is 3.98. The van der Waals surface area contributed by atoms with Crippen molar-refractivity contribution in [3.8, 4) is 17.3 Å². The summed E-state index contributed by atoms with van der Waals surface area (Å²) in [5.41, 5.74) is 2.29. The van der Waals surface area contributed by atoms with E-state index in [-0.39, 0.29) is 17.8 Å². The first-order valence-electron chi connectivity index (χ1n) is 8.00. The number of furan rings is 1. The third-order valence-electron chi connectivity index (χ3n) is 3.98. The number of rotatable bonds is 4. The molecule has 4 aromatic rings. The van der Waals surface area contributed by atoms with E-state index >= 15 is 0 Å². The van der Waals surface area contributed by atoms with Gasteiger partial charge >= 0.3 is 0 Å². The predicted octanol–water partition coefficient (Wildman–Crippen LogP) is 4.94. The molecule has 0 aliphatic rings. The number of ether oxygens (including phenoxy) is 1. The molecule has 2 aromatic carbocycles. The van der Waals surface area contributed by atoms with Crippen LogP contribution < -0.4 is 10.2 Å². The molecule has 0 aliphatic heterocycles. The average molecular weight is 332 g/mol. The second-order valence-corrected chi connectivity index (χ2v) is 5.84. The van der Waals surface area contributed by atoms with Crippen LogP contribution in [0.15, 0.2) is 80.6 Å². The van der Waals surface area contributed by atoms with Crippen molar-refractivity contribution < 1.29 is 13.6 Å². The Bertz CT molecular complexity index is 1060.